The smallest absolute Gasteiger partial charge is 0.331 e. The predicted molar refractivity (Wildman–Crippen MR) is 201 cm³/mol. The number of furan rings is 1. The summed E-state index contributed by atoms with van der Waals surface area (Å²) in [6, 6.07) is 42.7. The molecule has 252 valence electrons. The fourth-order valence-electron chi connectivity index (χ4n) is 6.23. The minimum atomic E-state index is -2.02. The summed E-state index contributed by atoms with van der Waals surface area (Å²) in [6.07, 6.45) is 4.02. The maximum absolute atomic E-state index is 14.3. The van der Waals surface area contributed by atoms with Crippen LogP contribution in [0.2, 0.25) is 0 Å². The van der Waals surface area contributed by atoms with Crippen LogP contribution in [0.3, 0.4) is 0 Å². The first-order valence-corrected chi connectivity index (χ1v) is 18.6. The molecule has 0 spiro atoms. The van der Waals surface area contributed by atoms with E-state index in [2.05, 4.69) is 91.7 Å². The maximum Gasteiger partial charge on any atom is 0.331 e. The van der Waals surface area contributed by atoms with Gasteiger partial charge in [0, 0.05) is 17.4 Å². The zero-order valence-corrected chi connectivity index (χ0v) is 29.7. The molecule has 0 radical (unpaired) electrons. The standard InChI is InChI=1S/C41H41N5O3Si/c1-41(2,3)37(49-50(35-20-9-5-10-21-35)36-22-11-6-12-23-36)26-30-15-13-18-33(25-30)46-38-31(28-45(40(46)47)29-34-19-14-24-48-34)27-42-39(44-38)43-32-16-7-4-8-17-32/h4-25,27,37,50H,26,28-29H2,1-3H3,(H,42,43,44). The number of para-hydroxylation sites is 1. The number of carbonyl (C=O) groups excluding carboxylic acids is 1. The number of rotatable bonds is 11. The molecule has 8 nitrogen and oxygen atoms in total. The van der Waals surface area contributed by atoms with E-state index in [1.54, 1.807) is 22.3 Å². The SMILES string of the molecule is CC(C)(C)C(Cc1cccc(N2C(=O)N(Cc3ccco3)Cc3cnc(Nc4ccccc4)nc32)c1)O[SiH](c1ccccc1)c1ccccc1. The molecule has 2 amide bonds. The van der Waals surface area contributed by atoms with Crippen molar-refractivity contribution in [1.29, 1.82) is 0 Å². The molecule has 3 heterocycles. The molecule has 0 fully saturated rings. The molecule has 1 aliphatic rings. The van der Waals surface area contributed by atoms with Gasteiger partial charge in [-0.05, 0) is 64.2 Å². The highest BCUT2D eigenvalue weighted by Crippen LogP contribution is 2.36. The van der Waals surface area contributed by atoms with Crippen LogP contribution in [0.15, 0.2) is 144 Å². The monoisotopic (exact) mass is 679 g/mol. The van der Waals surface area contributed by atoms with Crippen molar-refractivity contribution in [2.75, 3.05) is 10.2 Å². The van der Waals surface area contributed by atoms with Crippen LogP contribution in [0.1, 0.15) is 37.7 Å². The minimum absolute atomic E-state index is 0.0846. The summed E-state index contributed by atoms with van der Waals surface area (Å²) in [6.45, 7) is 7.40. The Balaban J connectivity index is 1.22. The lowest BCUT2D eigenvalue weighted by Crippen LogP contribution is -2.50. The molecule has 4 aromatic carbocycles. The van der Waals surface area contributed by atoms with Crippen molar-refractivity contribution in [2.24, 2.45) is 5.41 Å². The first-order valence-electron chi connectivity index (χ1n) is 17.0. The van der Waals surface area contributed by atoms with Crippen molar-refractivity contribution in [3.8, 4) is 0 Å². The first kappa shape index (κ1) is 33.0. The van der Waals surface area contributed by atoms with Gasteiger partial charge in [-0.2, -0.15) is 4.98 Å². The molecule has 6 aromatic rings. The Morgan fingerprint density at radius 2 is 1.54 bits per heavy atom. The van der Waals surface area contributed by atoms with Crippen molar-refractivity contribution in [3.05, 3.63) is 157 Å². The number of hydrogen-bond acceptors (Lipinski definition) is 6. The molecular formula is C41H41N5O3Si. The third-order valence-corrected chi connectivity index (χ3v) is 11.5. The van der Waals surface area contributed by atoms with Crippen LogP contribution < -0.4 is 20.6 Å². The van der Waals surface area contributed by atoms with Crippen molar-refractivity contribution < 1.29 is 13.6 Å². The molecule has 2 aromatic heterocycles. The van der Waals surface area contributed by atoms with Crippen molar-refractivity contribution in [2.45, 2.75) is 46.4 Å². The molecule has 1 aliphatic heterocycles. The molecule has 0 aliphatic carbocycles. The number of anilines is 4. The third-order valence-electron chi connectivity index (χ3n) is 8.89. The lowest BCUT2D eigenvalue weighted by molar-refractivity contribution is 0.0897. The highest BCUT2D eigenvalue weighted by atomic mass is 28.3. The van der Waals surface area contributed by atoms with E-state index in [0.29, 0.717) is 37.0 Å². The number of nitrogens with zero attached hydrogens (tertiary/aromatic N) is 4. The Morgan fingerprint density at radius 1 is 0.860 bits per heavy atom. The first-order chi connectivity index (χ1) is 24.3. The fourth-order valence-corrected chi connectivity index (χ4v) is 8.91. The molecule has 0 saturated carbocycles. The van der Waals surface area contributed by atoms with E-state index < -0.39 is 9.04 Å². The number of nitrogens with one attached hydrogen (secondary N) is 1. The molecule has 0 bridgehead atoms. The van der Waals surface area contributed by atoms with E-state index in [0.717, 1.165) is 22.5 Å². The number of aromatic nitrogens is 2. The van der Waals surface area contributed by atoms with Crippen LogP contribution in [0.25, 0.3) is 0 Å². The van der Waals surface area contributed by atoms with E-state index in [1.165, 1.54) is 10.4 Å². The van der Waals surface area contributed by atoms with Crippen LogP contribution in [0, 0.1) is 5.41 Å². The van der Waals surface area contributed by atoms with Gasteiger partial charge in [0.2, 0.25) is 15.0 Å². The average Bonchev–Trinajstić information content (AvgIpc) is 3.65. The summed E-state index contributed by atoms with van der Waals surface area (Å²) in [4.78, 5) is 27.3. The van der Waals surface area contributed by atoms with E-state index in [1.807, 2.05) is 66.7 Å². The van der Waals surface area contributed by atoms with Crippen LogP contribution in [0.4, 0.5) is 27.9 Å². The maximum atomic E-state index is 14.3. The van der Waals surface area contributed by atoms with Crippen molar-refractivity contribution in [3.63, 3.8) is 0 Å². The zero-order valence-electron chi connectivity index (χ0n) is 28.6. The second kappa shape index (κ2) is 14.5. The molecule has 9 heteroatoms. The fraction of sp³-hybridized carbons (Fsp3) is 0.195. The highest BCUT2D eigenvalue weighted by Gasteiger charge is 2.35. The second-order valence-electron chi connectivity index (χ2n) is 13.7. The van der Waals surface area contributed by atoms with Crippen LogP contribution in [0.5, 0.6) is 0 Å². The van der Waals surface area contributed by atoms with Crippen LogP contribution in [-0.4, -0.2) is 36.0 Å². The Bertz CT molecular complexity index is 1980. The second-order valence-corrected chi connectivity index (χ2v) is 16.0. The van der Waals surface area contributed by atoms with Crippen molar-refractivity contribution >= 4 is 48.6 Å². The van der Waals surface area contributed by atoms with Gasteiger partial charge in [0.1, 0.15) is 5.76 Å². The number of amides is 2. The van der Waals surface area contributed by atoms with Gasteiger partial charge in [-0.1, -0.05) is 112 Å². The minimum Gasteiger partial charge on any atom is -0.467 e. The summed E-state index contributed by atoms with van der Waals surface area (Å²) in [5.41, 5.74) is 3.36. The van der Waals surface area contributed by atoms with Gasteiger partial charge in [-0.15, -0.1) is 0 Å². The Labute approximate surface area is 295 Å². The molecule has 50 heavy (non-hydrogen) atoms. The van der Waals surface area contributed by atoms with Gasteiger partial charge in [0.05, 0.1) is 31.1 Å². The summed E-state index contributed by atoms with van der Waals surface area (Å²) in [5.74, 6) is 1.68. The zero-order chi connectivity index (χ0) is 34.5. The third kappa shape index (κ3) is 7.54. The molecular weight excluding hydrogens is 639 g/mol. The van der Waals surface area contributed by atoms with Crippen molar-refractivity contribution in [1.82, 2.24) is 14.9 Å². The van der Waals surface area contributed by atoms with Gasteiger partial charge in [0.15, 0.2) is 5.82 Å². The van der Waals surface area contributed by atoms with Gasteiger partial charge < -0.3 is 19.1 Å². The Kier molecular flexibility index (Phi) is 9.60. The molecule has 7 rings (SSSR count). The van der Waals surface area contributed by atoms with Gasteiger partial charge in [-0.3, -0.25) is 0 Å². The predicted octanol–water partition coefficient (Wildman–Crippen LogP) is 7.60. The van der Waals surface area contributed by atoms with Crippen LogP contribution in [-0.2, 0) is 23.9 Å². The molecule has 1 N–H and O–H groups in total. The molecule has 1 unspecified atom stereocenters. The summed E-state index contributed by atoms with van der Waals surface area (Å²) >= 11 is 0. The quantitative estimate of drug-likeness (QED) is 0.142. The van der Waals surface area contributed by atoms with Crippen LogP contribution >= 0.6 is 0 Å². The Morgan fingerprint density at radius 3 is 2.18 bits per heavy atom. The van der Waals surface area contributed by atoms with E-state index in [-0.39, 0.29) is 17.6 Å². The summed E-state index contributed by atoms with van der Waals surface area (Å²) < 4.78 is 12.8. The number of carbonyl (C=O) groups is 1. The number of fused-ring (bicyclic) bond motifs is 1. The molecule has 1 atom stereocenters. The van der Waals surface area contributed by atoms with E-state index >= 15 is 0 Å². The summed E-state index contributed by atoms with van der Waals surface area (Å²) in [7, 11) is -2.02. The highest BCUT2D eigenvalue weighted by molar-refractivity contribution is 6.80. The largest absolute Gasteiger partial charge is 0.467 e. The Hall–Kier alpha value is -5.51. The van der Waals surface area contributed by atoms with Gasteiger partial charge in [0.25, 0.3) is 0 Å². The van der Waals surface area contributed by atoms with Gasteiger partial charge in [-0.25, -0.2) is 14.7 Å². The lowest BCUT2D eigenvalue weighted by Gasteiger charge is -2.36. The topological polar surface area (TPSA) is 83.7 Å². The number of urea groups is 1. The normalized spacial score (nSPS) is 13.7. The number of hydrogen-bond donors (Lipinski definition) is 1. The molecule has 0 saturated heterocycles. The average molecular weight is 680 g/mol. The summed E-state index contributed by atoms with van der Waals surface area (Å²) in [5, 5.41) is 5.77. The van der Waals surface area contributed by atoms with Gasteiger partial charge >= 0.3 is 6.03 Å². The van der Waals surface area contributed by atoms with E-state index in [4.69, 9.17) is 13.8 Å². The van der Waals surface area contributed by atoms with E-state index in [9.17, 15) is 4.79 Å². The lowest BCUT2D eigenvalue weighted by atomic mass is 9.85. The number of benzene rings is 4.